The molecular formula is C18H16BrNO5. The number of carboxylic acid groups (broad SMARTS) is 1. The number of methoxy groups -OCH3 is 1. The van der Waals surface area contributed by atoms with Crippen molar-refractivity contribution < 1.29 is 24.2 Å². The normalized spacial score (nSPS) is 10.5. The number of carbonyl (C=O) groups excluding carboxylic acids is 1. The van der Waals surface area contributed by atoms with Crippen LogP contribution in [0.4, 0.5) is 5.69 Å². The second kappa shape index (κ2) is 8.89. The molecule has 25 heavy (non-hydrogen) atoms. The summed E-state index contributed by atoms with van der Waals surface area (Å²) in [6.07, 6.45) is 2.41. The Morgan fingerprint density at radius 2 is 1.96 bits per heavy atom. The van der Waals surface area contributed by atoms with Crippen molar-refractivity contribution in [2.24, 2.45) is 0 Å². The van der Waals surface area contributed by atoms with Crippen molar-refractivity contribution in [2.75, 3.05) is 19.0 Å². The summed E-state index contributed by atoms with van der Waals surface area (Å²) in [4.78, 5) is 22.8. The van der Waals surface area contributed by atoms with Gasteiger partial charge in [0.2, 0.25) is 0 Å². The molecule has 0 aromatic heterocycles. The first-order valence-electron chi connectivity index (χ1n) is 7.26. The zero-order valence-electron chi connectivity index (χ0n) is 13.4. The van der Waals surface area contributed by atoms with E-state index in [9.17, 15) is 9.59 Å². The molecule has 0 saturated carbocycles. The molecule has 0 aliphatic heterocycles. The maximum atomic E-state index is 12.1. The lowest BCUT2D eigenvalue weighted by atomic mass is 10.2. The third kappa shape index (κ3) is 5.65. The van der Waals surface area contributed by atoms with Gasteiger partial charge in [-0.3, -0.25) is 4.79 Å². The molecule has 2 aromatic rings. The Bertz CT molecular complexity index is 804. The molecule has 0 aliphatic carbocycles. The highest BCUT2D eigenvalue weighted by Gasteiger charge is 2.09. The highest BCUT2D eigenvalue weighted by atomic mass is 79.9. The number of ether oxygens (including phenoxy) is 2. The van der Waals surface area contributed by atoms with Gasteiger partial charge in [-0.2, -0.15) is 0 Å². The van der Waals surface area contributed by atoms with Crippen molar-refractivity contribution in [3.63, 3.8) is 0 Å². The van der Waals surface area contributed by atoms with E-state index in [0.29, 0.717) is 22.7 Å². The van der Waals surface area contributed by atoms with Crippen LogP contribution in [0.1, 0.15) is 5.56 Å². The third-order valence-electron chi connectivity index (χ3n) is 3.12. The van der Waals surface area contributed by atoms with Gasteiger partial charge < -0.3 is 19.9 Å². The number of carbonyl (C=O) groups is 2. The molecular weight excluding hydrogens is 390 g/mol. The molecule has 0 radical (unpaired) electrons. The van der Waals surface area contributed by atoms with Gasteiger partial charge in [0.25, 0.3) is 5.91 Å². The zero-order chi connectivity index (χ0) is 18.2. The maximum absolute atomic E-state index is 12.1. The van der Waals surface area contributed by atoms with Gasteiger partial charge in [-0.1, -0.05) is 28.1 Å². The molecule has 0 fully saturated rings. The van der Waals surface area contributed by atoms with Crippen LogP contribution in [0, 0.1) is 0 Å². The SMILES string of the molecule is COc1ccccc1NC(=O)COc1ccc(Br)cc1/C=C/C(=O)O. The largest absolute Gasteiger partial charge is 0.495 e. The van der Waals surface area contributed by atoms with E-state index in [1.54, 1.807) is 42.5 Å². The molecule has 0 spiro atoms. The van der Waals surface area contributed by atoms with Crippen LogP contribution in [0.3, 0.4) is 0 Å². The van der Waals surface area contributed by atoms with Crippen LogP contribution in [-0.2, 0) is 9.59 Å². The van der Waals surface area contributed by atoms with Crippen molar-refractivity contribution in [2.45, 2.75) is 0 Å². The fourth-order valence-electron chi connectivity index (χ4n) is 2.02. The predicted molar refractivity (Wildman–Crippen MR) is 97.9 cm³/mol. The van der Waals surface area contributed by atoms with E-state index in [4.69, 9.17) is 14.6 Å². The lowest BCUT2D eigenvalue weighted by molar-refractivity contribution is -0.131. The smallest absolute Gasteiger partial charge is 0.328 e. The van der Waals surface area contributed by atoms with E-state index >= 15 is 0 Å². The first kappa shape index (κ1) is 18.5. The molecule has 0 saturated heterocycles. The summed E-state index contributed by atoms with van der Waals surface area (Å²) in [5.74, 6) is -0.485. The summed E-state index contributed by atoms with van der Waals surface area (Å²) in [5.41, 5.74) is 1.09. The van der Waals surface area contributed by atoms with Gasteiger partial charge in [0.1, 0.15) is 11.5 Å². The van der Waals surface area contributed by atoms with E-state index in [0.717, 1.165) is 10.5 Å². The predicted octanol–water partition coefficient (Wildman–Crippen LogP) is 3.57. The number of hydrogen-bond donors (Lipinski definition) is 2. The lowest BCUT2D eigenvalue weighted by Gasteiger charge is -2.12. The summed E-state index contributed by atoms with van der Waals surface area (Å²) in [6.45, 7) is -0.229. The molecule has 0 atom stereocenters. The third-order valence-corrected chi connectivity index (χ3v) is 3.61. The quantitative estimate of drug-likeness (QED) is 0.687. The maximum Gasteiger partial charge on any atom is 0.328 e. The Labute approximate surface area is 153 Å². The number of aliphatic carboxylic acids is 1. The molecule has 0 heterocycles. The second-order valence-corrected chi connectivity index (χ2v) is 5.81. The molecule has 0 unspecified atom stereocenters. The van der Waals surface area contributed by atoms with Gasteiger partial charge in [-0.25, -0.2) is 4.79 Å². The van der Waals surface area contributed by atoms with Crippen LogP contribution in [0.15, 0.2) is 53.0 Å². The summed E-state index contributed by atoms with van der Waals surface area (Å²) in [7, 11) is 1.52. The van der Waals surface area contributed by atoms with Gasteiger partial charge in [-0.15, -0.1) is 0 Å². The Morgan fingerprint density at radius 1 is 1.20 bits per heavy atom. The summed E-state index contributed by atoms with van der Waals surface area (Å²) >= 11 is 3.31. The minimum atomic E-state index is -1.07. The molecule has 1 amide bonds. The fourth-order valence-corrected chi connectivity index (χ4v) is 2.40. The van der Waals surface area contributed by atoms with Gasteiger partial charge in [0.15, 0.2) is 6.61 Å². The number of hydrogen-bond acceptors (Lipinski definition) is 4. The van der Waals surface area contributed by atoms with Crippen molar-refractivity contribution >= 4 is 39.6 Å². The number of anilines is 1. The lowest BCUT2D eigenvalue weighted by Crippen LogP contribution is -2.20. The molecule has 6 nitrogen and oxygen atoms in total. The monoisotopic (exact) mass is 405 g/mol. The molecule has 2 rings (SSSR count). The van der Waals surface area contributed by atoms with Crippen molar-refractivity contribution in [3.05, 3.63) is 58.6 Å². The van der Waals surface area contributed by atoms with E-state index in [-0.39, 0.29) is 12.5 Å². The minimum Gasteiger partial charge on any atom is -0.495 e. The van der Waals surface area contributed by atoms with Gasteiger partial charge in [-0.05, 0) is 36.4 Å². The summed E-state index contributed by atoms with van der Waals surface area (Å²) in [6, 6.07) is 12.1. The Balaban J connectivity index is 2.05. The van der Waals surface area contributed by atoms with E-state index in [1.165, 1.54) is 13.2 Å². The number of amides is 1. The number of rotatable bonds is 7. The molecule has 2 aromatic carbocycles. The summed E-state index contributed by atoms with van der Waals surface area (Å²) < 4.78 is 11.5. The van der Waals surface area contributed by atoms with Gasteiger partial charge in [0.05, 0.1) is 12.8 Å². The topological polar surface area (TPSA) is 84.9 Å². The summed E-state index contributed by atoms with van der Waals surface area (Å²) in [5, 5.41) is 11.5. The van der Waals surface area contributed by atoms with E-state index in [2.05, 4.69) is 21.2 Å². The highest BCUT2D eigenvalue weighted by Crippen LogP contribution is 2.25. The molecule has 0 aliphatic rings. The average molecular weight is 406 g/mol. The Morgan fingerprint density at radius 3 is 2.68 bits per heavy atom. The first-order chi connectivity index (χ1) is 12.0. The number of nitrogens with one attached hydrogen (secondary N) is 1. The molecule has 7 heteroatoms. The van der Waals surface area contributed by atoms with Crippen LogP contribution < -0.4 is 14.8 Å². The zero-order valence-corrected chi connectivity index (χ0v) is 14.9. The number of carboxylic acids is 1. The van der Waals surface area contributed by atoms with Gasteiger partial charge in [0, 0.05) is 16.1 Å². The van der Waals surface area contributed by atoms with Crippen LogP contribution in [0.25, 0.3) is 6.08 Å². The van der Waals surface area contributed by atoms with E-state index in [1.807, 2.05) is 0 Å². The van der Waals surface area contributed by atoms with Crippen molar-refractivity contribution in [1.82, 2.24) is 0 Å². The number of halogens is 1. The van der Waals surface area contributed by atoms with Gasteiger partial charge >= 0.3 is 5.97 Å². The molecule has 130 valence electrons. The van der Waals surface area contributed by atoms with Crippen LogP contribution in [0.5, 0.6) is 11.5 Å². The van der Waals surface area contributed by atoms with E-state index < -0.39 is 5.97 Å². The Hall–Kier alpha value is -2.80. The number of benzene rings is 2. The minimum absolute atomic E-state index is 0.229. The molecule has 0 bridgehead atoms. The molecule has 2 N–H and O–H groups in total. The first-order valence-corrected chi connectivity index (χ1v) is 8.05. The Kier molecular flexibility index (Phi) is 6.59. The van der Waals surface area contributed by atoms with Crippen molar-refractivity contribution in [1.29, 1.82) is 0 Å². The van der Waals surface area contributed by atoms with Crippen LogP contribution >= 0.6 is 15.9 Å². The standard InChI is InChI=1S/C18H16BrNO5/c1-24-16-5-3-2-4-14(16)20-17(21)11-25-15-8-7-13(19)10-12(15)6-9-18(22)23/h2-10H,11H2,1H3,(H,20,21)(H,22,23)/b9-6+. The van der Waals surface area contributed by atoms with Crippen LogP contribution in [0.2, 0.25) is 0 Å². The number of para-hydroxylation sites is 2. The van der Waals surface area contributed by atoms with Crippen LogP contribution in [-0.4, -0.2) is 30.7 Å². The fraction of sp³-hybridized carbons (Fsp3) is 0.111. The highest BCUT2D eigenvalue weighted by molar-refractivity contribution is 9.10. The van der Waals surface area contributed by atoms with Crippen molar-refractivity contribution in [3.8, 4) is 11.5 Å². The average Bonchev–Trinajstić information content (AvgIpc) is 2.59. The second-order valence-electron chi connectivity index (χ2n) is 4.89.